The molecule has 1 aliphatic heterocycles. The largest absolute Gasteiger partial charge is 0.368 e. The summed E-state index contributed by atoms with van der Waals surface area (Å²) in [5.74, 6) is 0.624. The van der Waals surface area contributed by atoms with Crippen molar-refractivity contribution < 1.29 is 9.84 Å². The molecule has 0 aromatic rings. The molecule has 3 nitrogen and oxygen atoms in total. The summed E-state index contributed by atoms with van der Waals surface area (Å²) in [5, 5.41) is 9.74. The van der Waals surface area contributed by atoms with Crippen molar-refractivity contribution in [2.75, 3.05) is 14.1 Å². The zero-order valence-corrected chi connectivity index (χ0v) is 10.1. The molecule has 1 heterocycles. The Labute approximate surface area is 87.1 Å². The van der Waals surface area contributed by atoms with Gasteiger partial charge in [0.25, 0.3) is 0 Å². The van der Waals surface area contributed by atoms with Crippen molar-refractivity contribution in [1.29, 1.82) is 0 Å². The summed E-state index contributed by atoms with van der Waals surface area (Å²) in [6.45, 7) is 8.32. The lowest BCUT2D eigenvalue weighted by Gasteiger charge is -2.50. The van der Waals surface area contributed by atoms with E-state index < -0.39 is 6.29 Å². The molecule has 3 heteroatoms. The zero-order chi connectivity index (χ0) is 11.1. The topological polar surface area (TPSA) is 32.7 Å². The van der Waals surface area contributed by atoms with Gasteiger partial charge in [0.2, 0.25) is 0 Å². The molecule has 4 atom stereocenters. The Morgan fingerprint density at radius 3 is 2.07 bits per heavy atom. The van der Waals surface area contributed by atoms with Gasteiger partial charge in [0, 0.05) is 12.0 Å². The first-order valence-electron chi connectivity index (χ1n) is 5.29. The molecule has 1 rings (SSSR count). The van der Waals surface area contributed by atoms with Crippen LogP contribution >= 0.6 is 0 Å². The highest BCUT2D eigenvalue weighted by Gasteiger charge is 2.46. The van der Waals surface area contributed by atoms with Crippen LogP contribution in [0.15, 0.2) is 0 Å². The van der Waals surface area contributed by atoms with E-state index in [1.807, 2.05) is 20.8 Å². The van der Waals surface area contributed by atoms with E-state index in [-0.39, 0.29) is 11.5 Å². The van der Waals surface area contributed by atoms with E-state index in [4.69, 9.17) is 4.74 Å². The first-order chi connectivity index (χ1) is 6.27. The summed E-state index contributed by atoms with van der Waals surface area (Å²) < 4.78 is 5.64. The quantitative estimate of drug-likeness (QED) is 0.694. The van der Waals surface area contributed by atoms with Crippen molar-refractivity contribution in [1.82, 2.24) is 4.90 Å². The summed E-state index contributed by atoms with van der Waals surface area (Å²) >= 11 is 0. The van der Waals surface area contributed by atoms with Crippen molar-refractivity contribution in [2.24, 2.45) is 11.8 Å². The van der Waals surface area contributed by atoms with E-state index in [1.54, 1.807) is 0 Å². The highest BCUT2D eigenvalue weighted by molar-refractivity contribution is 4.95. The molecule has 0 amide bonds. The molecule has 1 fully saturated rings. The zero-order valence-electron chi connectivity index (χ0n) is 10.1. The first-order valence-corrected chi connectivity index (χ1v) is 5.29. The molecule has 14 heavy (non-hydrogen) atoms. The number of ether oxygens (including phenoxy) is 1. The molecular formula is C11H23NO2. The predicted octanol–water partition coefficient (Wildman–Crippen LogP) is 1.32. The molecule has 1 N–H and O–H groups in total. The molecule has 0 spiro atoms. The smallest absolute Gasteiger partial charge is 0.158 e. The average Bonchev–Trinajstić information content (AvgIpc) is 1.98. The van der Waals surface area contributed by atoms with Crippen molar-refractivity contribution in [3.63, 3.8) is 0 Å². The Morgan fingerprint density at radius 1 is 1.14 bits per heavy atom. The third-order valence-corrected chi connectivity index (χ3v) is 3.47. The van der Waals surface area contributed by atoms with Gasteiger partial charge in [-0.25, -0.2) is 0 Å². The van der Waals surface area contributed by atoms with Crippen LogP contribution in [-0.4, -0.2) is 42.0 Å². The fourth-order valence-corrected chi connectivity index (χ4v) is 2.76. The second-order valence-electron chi connectivity index (χ2n) is 5.24. The van der Waals surface area contributed by atoms with Crippen LogP contribution in [0.3, 0.4) is 0 Å². The molecule has 0 bridgehead atoms. The lowest BCUT2D eigenvalue weighted by molar-refractivity contribution is -0.262. The Hall–Kier alpha value is -0.120. The van der Waals surface area contributed by atoms with Crippen LogP contribution in [0.2, 0.25) is 0 Å². The van der Waals surface area contributed by atoms with Crippen molar-refractivity contribution in [2.45, 2.75) is 45.6 Å². The highest BCUT2D eigenvalue weighted by atomic mass is 16.6. The summed E-state index contributed by atoms with van der Waals surface area (Å²) in [4.78, 5) is 2.19. The van der Waals surface area contributed by atoms with Crippen molar-refractivity contribution >= 4 is 0 Å². The van der Waals surface area contributed by atoms with E-state index in [1.165, 1.54) is 0 Å². The molecule has 0 saturated carbocycles. The van der Waals surface area contributed by atoms with Crippen LogP contribution in [-0.2, 0) is 4.74 Å². The third-order valence-electron chi connectivity index (χ3n) is 3.47. The van der Waals surface area contributed by atoms with Crippen molar-refractivity contribution in [3.05, 3.63) is 0 Å². The molecule has 1 saturated heterocycles. The summed E-state index contributed by atoms with van der Waals surface area (Å²) in [6.07, 6.45) is -0.629. The lowest BCUT2D eigenvalue weighted by atomic mass is 9.77. The molecule has 0 aromatic carbocycles. The second-order valence-corrected chi connectivity index (χ2v) is 5.24. The maximum absolute atomic E-state index is 9.74. The SMILES string of the molecule is CC1C(O)OC(C)(C)C(N(C)C)C1C. The average molecular weight is 201 g/mol. The molecule has 0 aromatic heterocycles. The lowest BCUT2D eigenvalue weighted by Crippen LogP contribution is -2.60. The molecule has 1 aliphatic rings. The second kappa shape index (κ2) is 3.80. The van der Waals surface area contributed by atoms with E-state index in [0.717, 1.165) is 0 Å². The molecule has 84 valence electrons. The van der Waals surface area contributed by atoms with Crippen LogP contribution in [0.4, 0.5) is 0 Å². The van der Waals surface area contributed by atoms with E-state index in [0.29, 0.717) is 12.0 Å². The predicted molar refractivity (Wildman–Crippen MR) is 57.0 cm³/mol. The number of likely N-dealkylation sites (N-methyl/N-ethyl adjacent to an activating group) is 1. The van der Waals surface area contributed by atoms with Crippen LogP contribution in [0, 0.1) is 11.8 Å². The summed E-state index contributed by atoms with van der Waals surface area (Å²) in [7, 11) is 4.13. The molecule has 0 aliphatic carbocycles. The third kappa shape index (κ3) is 1.95. The first kappa shape index (κ1) is 12.0. The monoisotopic (exact) mass is 201 g/mol. The molecular weight excluding hydrogens is 178 g/mol. The van der Waals surface area contributed by atoms with Gasteiger partial charge in [-0.3, -0.25) is 0 Å². The van der Waals surface area contributed by atoms with Gasteiger partial charge < -0.3 is 14.7 Å². The van der Waals surface area contributed by atoms with Crippen LogP contribution in [0.5, 0.6) is 0 Å². The number of aliphatic hydroxyl groups is 1. The Morgan fingerprint density at radius 2 is 1.64 bits per heavy atom. The number of nitrogens with zero attached hydrogens (tertiary/aromatic N) is 1. The van der Waals surface area contributed by atoms with Gasteiger partial charge in [-0.05, 0) is 33.9 Å². The maximum atomic E-state index is 9.74. The molecule has 0 radical (unpaired) electrons. The maximum Gasteiger partial charge on any atom is 0.158 e. The molecule has 4 unspecified atom stereocenters. The van der Waals surface area contributed by atoms with Gasteiger partial charge >= 0.3 is 0 Å². The summed E-state index contributed by atoms with van der Waals surface area (Å²) in [5.41, 5.74) is -0.283. The normalized spacial score (nSPS) is 42.9. The van der Waals surface area contributed by atoms with Crippen molar-refractivity contribution in [3.8, 4) is 0 Å². The van der Waals surface area contributed by atoms with Gasteiger partial charge in [0.05, 0.1) is 5.60 Å². The minimum atomic E-state index is -0.629. The number of hydrogen-bond acceptors (Lipinski definition) is 3. The van der Waals surface area contributed by atoms with Gasteiger partial charge in [-0.15, -0.1) is 0 Å². The van der Waals surface area contributed by atoms with Crippen LogP contribution in [0.25, 0.3) is 0 Å². The van der Waals surface area contributed by atoms with E-state index in [2.05, 4.69) is 25.9 Å². The summed E-state index contributed by atoms with van der Waals surface area (Å²) in [6, 6.07) is 0.348. The van der Waals surface area contributed by atoms with Gasteiger partial charge in [-0.2, -0.15) is 0 Å². The number of aliphatic hydroxyl groups excluding tert-OH is 1. The van der Waals surface area contributed by atoms with Crippen LogP contribution < -0.4 is 0 Å². The van der Waals surface area contributed by atoms with Gasteiger partial charge in [-0.1, -0.05) is 13.8 Å². The van der Waals surface area contributed by atoms with Crippen LogP contribution in [0.1, 0.15) is 27.7 Å². The Kier molecular flexibility index (Phi) is 3.24. The van der Waals surface area contributed by atoms with E-state index in [9.17, 15) is 5.11 Å². The number of hydrogen-bond donors (Lipinski definition) is 1. The Bertz CT molecular complexity index is 203. The van der Waals surface area contributed by atoms with E-state index >= 15 is 0 Å². The number of rotatable bonds is 1. The van der Waals surface area contributed by atoms with Gasteiger partial charge in [0.1, 0.15) is 0 Å². The standard InChI is InChI=1S/C11H23NO2/c1-7-8(2)10(13)14-11(3,4)9(7)12(5)6/h7-10,13H,1-6H3. The minimum Gasteiger partial charge on any atom is -0.368 e. The fourth-order valence-electron chi connectivity index (χ4n) is 2.76. The fraction of sp³-hybridized carbons (Fsp3) is 1.00. The minimum absolute atomic E-state index is 0.190. The Balaban J connectivity index is 2.90. The van der Waals surface area contributed by atoms with Gasteiger partial charge in [0.15, 0.2) is 6.29 Å². The highest BCUT2D eigenvalue weighted by Crippen LogP contribution is 2.37.